The second-order valence-corrected chi connectivity index (χ2v) is 7.31. The highest BCUT2D eigenvalue weighted by molar-refractivity contribution is 7.15. The minimum atomic E-state index is -1.06. The number of methoxy groups -OCH3 is 1. The van der Waals surface area contributed by atoms with Crippen LogP contribution < -0.4 is 10.1 Å². The summed E-state index contributed by atoms with van der Waals surface area (Å²) in [7, 11) is 1.63. The summed E-state index contributed by atoms with van der Waals surface area (Å²) in [6.45, 7) is 3.49. The molecule has 24 heavy (non-hydrogen) atoms. The highest BCUT2D eigenvalue weighted by atomic mass is 32.1. The van der Waals surface area contributed by atoms with Crippen molar-refractivity contribution in [1.82, 2.24) is 5.32 Å². The molecule has 0 fully saturated rings. The highest BCUT2D eigenvalue weighted by Gasteiger charge is 2.29. The molecule has 0 aliphatic carbocycles. The molecule has 128 valence electrons. The summed E-state index contributed by atoms with van der Waals surface area (Å²) in [5.41, 5.74) is 0.0266. The van der Waals surface area contributed by atoms with E-state index in [1.807, 2.05) is 36.4 Å². The van der Waals surface area contributed by atoms with E-state index in [1.165, 1.54) is 0 Å². The number of thiophene rings is 1. The SMILES string of the molecule is COc1ccc(-c2ccc(CNC(=O)CC(C)(C)C(=O)O)s2)cc1. The molecule has 0 saturated carbocycles. The first-order valence-corrected chi connectivity index (χ1v) is 8.37. The van der Waals surface area contributed by atoms with Crippen molar-refractivity contribution in [1.29, 1.82) is 0 Å². The summed E-state index contributed by atoms with van der Waals surface area (Å²) in [5.74, 6) is -0.429. The third kappa shape index (κ3) is 4.58. The highest BCUT2D eigenvalue weighted by Crippen LogP contribution is 2.29. The quantitative estimate of drug-likeness (QED) is 0.803. The fourth-order valence-corrected chi connectivity index (χ4v) is 3.06. The van der Waals surface area contributed by atoms with Crippen LogP contribution in [-0.2, 0) is 16.1 Å². The number of carbonyl (C=O) groups is 2. The Labute approximate surface area is 145 Å². The van der Waals surface area contributed by atoms with Gasteiger partial charge >= 0.3 is 5.97 Å². The summed E-state index contributed by atoms with van der Waals surface area (Å²) in [6, 6.07) is 11.8. The molecule has 0 radical (unpaired) electrons. The van der Waals surface area contributed by atoms with E-state index < -0.39 is 11.4 Å². The number of hydrogen-bond acceptors (Lipinski definition) is 4. The average Bonchev–Trinajstić information content (AvgIpc) is 3.01. The molecule has 1 amide bonds. The maximum absolute atomic E-state index is 11.9. The Balaban J connectivity index is 1.94. The minimum absolute atomic E-state index is 0.0426. The van der Waals surface area contributed by atoms with Gasteiger partial charge < -0.3 is 15.2 Å². The number of carboxylic acids is 1. The molecule has 6 heteroatoms. The van der Waals surface area contributed by atoms with E-state index in [0.29, 0.717) is 6.54 Å². The molecule has 0 unspecified atom stereocenters. The van der Waals surface area contributed by atoms with Crippen molar-refractivity contribution in [3.8, 4) is 16.2 Å². The number of aliphatic carboxylic acids is 1. The van der Waals surface area contributed by atoms with Crippen molar-refractivity contribution < 1.29 is 19.4 Å². The first-order valence-electron chi connectivity index (χ1n) is 7.55. The third-order valence-electron chi connectivity index (χ3n) is 3.68. The predicted octanol–water partition coefficient (Wildman–Crippen LogP) is 3.54. The first-order chi connectivity index (χ1) is 11.3. The van der Waals surface area contributed by atoms with E-state index in [0.717, 1.165) is 21.1 Å². The van der Waals surface area contributed by atoms with Gasteiger partial charge in [-0.15, -0.1) is 11.3 Å². The van der Waals surface area contributed by atoms with Gasteiger partial charge in [-0.2, -0.15) is 0 Å². The lowest BCUT2D eigenvalue weighted by atomic mass is 9.89. The predicted molar refractivity (Wildman–Crippen MR) is 94.2 cm³/mol. The van der Waals surface area contributed by atoms with Crippen LogP contribution in [0.3, 0.4) is 0 Å². The standard InChI is InChI=1S/C18H21NO4S/c1-18(2,17(21)22)10-16(20)19-11-14-8-9-15(24-14)12-4-6-13(23-3)7-5-12/h4-9H,10-11H2,1-3H3,(H,19,20)(H,21,22). The topological polar surface area (TPSA) is 75.6 Å². The van der Waals surface area contributed by atoms with E-state index in [2.05, 4.69) is 5.32 Å². The monoisotopic (exact) mass is 347 g/mol. The minimum Gasteiger partial charge on any atom is -0.497 e. The molecule has 5 nitrogen and oxygen atoms in total. The Bertz CT molecular complexity index is 719. The van der Waals surface area contributed by atoms with Gasteiger partial charge in [0.2, 0.25) is 5.91 Å². The maximum atomic E-state index is 11.9. The van der Waals surface area contributed by atoms with E-state index in [4.69, 9.17) is 9.84 Å². The van der Waals surface area contributed by atoms with Crippen molar-refractivity contribution in [3.63, 3.8) is 0 Å². The number of carbonyl (C=O) groups excluding carboxylic acids is 1. The molecule has 0 aliphatic heterocycles. The van der Waals surface area contributed by atoms with Crippen LogP contribution in [0.5, 0.6) is 5.75 Å². The molecular formula is C18H21NO4S. The van der Waals surface area contributed by atoms with Crippen molar-refractivity contribution >= 4 is 23.2 Å². The zero-order chi connectivity index (χ0) is 17.7. The fourth-order valence-electron chi connectivity index (χ4n) is 2.11. The number of nitrogens with one attached hydrogen (secondary N) is 1. The van der Waals surface area contributed by atoms with Crippen LogP contribution in [0.1, 0.15) is 25.1 Å². The summed E-state index contributed by atoms with van der Waals surface area (Å²) < 4.78 is 5.15. The second kappa shape index (κ2) is 7.49. The Morgan fingerprint density at radius 1 is 1.17 bits per heavy atom. The summed E-state index contributed by atoms with van der Waals surface area (Å²) in [6.07, 6.45) is -0.0426. The van der Waals surface area contributed by atoms with Gasteiger partial charge in [-0.05, 0) is 55.8 Å². The summed E-state index contributed by atoms with van der Waals surface area (Å²) >= 11 is 1.59. The molecule has 0 atom stereocenters. The van der Waals surface area contributed by atoms with Gasteiger partial charge in [-0.25, -0.2) is 0 Å². The zero-order valence-electron chi connectivity index (χ0n) is 14.0. The average molecular weight is 347 g/mol. The number of amides is 1. The van der Waals surface area contributed by atoms with E-state index in [1.54, 1.807) is 32.3 Å². The molecule has 2 N–H and O–H groups in total. The summed E-state index contributed by atoms with van der Waals surface area (Å²) in [5, 5.41) is 11.8. The van der Waals surface area contributed by atoms with E-state index >= 15 is 0 Å². The molecule has 2 rings (SSSR count). The van der Waals surface area contributed by atoms with Crippen molar-refractivity contribution in [2.24, 2.45) is 5.41 Å². The van der Waals surface area contributed by atoms with Gasteiger partial charge in [0.05, 0.1) is 19.1 Å². The van der Waals surface area contributed by atoms with Crippen LogP contribution in [0.15, 0.2) is 36.4 Å². The van der Waals surface area contributed by atoms with Gasteiger partial charge in [0, 0.05) is 16.2 Å². The van der Waals surface area contributed by atoms with Crippen LogP contribution in [0.2, 0.25) is 0 Å². The van der Waals surface area contributed by atoms with Gasteiger partial charge in [0.25, 0.3) is 0 Å². The van der Waals surface area contributed by atoms with Gasteiger partial charge in [0.15, 0.2) is 0 Å². The van der Waals surface area contributed by atoms with Crippen molar-refractivity contribution in [2.75, 3.05) is 7.11 Å². The van der Waals surface area contributed by atoms with E-state index in [9.17, 15) is 9.59 Å². The summed E-state index contributed by atoms with van der Waals surface area (Å²) in [4.78, 5) is 25.1. The number of rotatable bonds is 7. The smallest absolute Gasteiger partial charge is 0.309 e. The van der Waals surface area contributed by atoms with E-state index in [-0.39, 0.29) is 12.3 Å². The van der Waals surface area contributed by atoms with Gasteiger partial charge in [-0.3, -0.25) is 9.59 Å². The molecule has 1 heterocycles. The molecule has 0 spiro atoms. The molecule has 1 aromatic heterocycles. The fraction of sp³-hybridized carbons (Fsp3) is 0.333. The van der Waals surface area contributed by atoms with Gasteiger partial charge in [0.1, 0.15) is 5.75 Å². The number of carboxylic acid groups (broad SMARTS) is 1. The maximum Gasteiger partial charge on any atom is 0.309 e. The van der Waals surface area contributed by atoms with Crippen LogP contribution in [0.4, 0.5) is 0 Å². The lowest BCUT2D eigenvalue weighted by molar-refractivity contribution is -0.149. The lowest BCUT2D eigenvalue weighted by Gasteiger charge is -2.17. The lowest BCUT2D eigenvalue weighted by Crippen LogP contribution is -2.32. The van der Waals surface area contributed by atoms with Crippen LogP contribution >= 0.6 is 11.3 Å². The first kappa shape index (κ1) is 18.0. The normalized spacial score (nSPS) is 11.1. The Kier molecular flexibility index (Phi) is 5.62. The van der Waals surface area contributed by atoms with Crippen LogP contribution in [-0.4, -0.2) is 24.1 Å². The Hall–Kier alpha value is -2.34. The van der Waals surface area contributed by atoms with Crippen LogP contribution in [0, 0.1) is 5.41 Å². The van der Waals surface area contributed by atoms with Crippen molar-refractivity contribution in [2.45, 2.75) is 26.8 Å². The van der Waals surface area contributed by atoms with Gasteiger partial charge in [-0.1, -0.05) is 0 Å². The molecule has 0 saturated heterocycles. The third-order valence-corrected chi connectivity index (χ3v) is 4.81. The van der Waals surface area contributed by atoms with Crippen molar-refractivity contribution in [3.05, 3.63) is 41.3 Å². The molecule has 1 aromatic carbocycles. The number of ether oxygens (including phenoxy) is 1. The second-order valence-electron chi connectivity index (χ2n) is 6.14. The molecule has 2 aromatic rings. The molecule has 0 aliphatic rings. The Morgan fingerprint density at radius 3 is 2.42 bits per heavy atom. The Morgan fingerprint density at radius 2 is 1.83 bits per heavy atom. The molecular weight excluding hydrogens is 326 g/mol. The number of benzene rings is 1. The molecule has 0 bridgehead atoms. The van der Waals surface area contributed by atoms with Crippen LogP contribution in [0.25, 0.3) is 10.4 Å². The number of hydrogen-bond donors (Lipinski definition) is 2. The largest absolute Gasteiger partial charge is 0.497 e. The zero-order valence-corrected chi connectivity index (χ0v) is 14.8.